The molecule has 0 aliphatic carbocycles. The summed E-state index contributed by atoms with van der Waals surface area (Å²) in [5.41, 5.74) is -0.776. The van der Waals surface area contributed by atoms with Crippen molar-refractivity contribution >= 4 is 11.9 Å². The van der Waals surface area contributed by atoms with E-state index in [0.717, 1.165) is 0 Å². The number of carbonyl (C=O) groups excluding carboxylic acids is 1. The fraction of sp³-hybridized carbons (Fsp3) is 0.538. The third-order valence-electron chi connectivity index (χ3n) is 3.14. The van der Waals surface area contributed by atoms with E-state index in [1.807, 2.05) is 0 Å². The number of hydrogen-bond donors (Lipinski definition) is 4. The predicted molar refractivity (Wildman–Crippen MR) is 75.1 cm³/mol. The molecule has 0 radical (unpaired) electrons. The average Bonchev–Trinajstić information content (AvgIpc) is 2.32. The minimum Gasteiger partial charge on any atom is -0.481 e. The molecule has 116 valence electrons. The Kier molecular flexibility index (Phi) is 5.45. The summed E-state index contributed by atoms with van der Waals surface area (Å²) in [7, 11) is 0. The summed E-state index contributed by atoms with van der Waals surface area (Å²) in [4.78, 5) is 49.9. The predicted octanol–water partition coefficient (Wildman–Crippen LogP) is -0.470. The Morgan fingerprint density at radius 1 is 1.24 bits per heavy atom. The molecule has 0 bridgehead atoms. The highest BCUT2D eigenvalue weighted by Crippen LogP contribution is 2.07. The number of aromatic nitrogens is 2. The Labute approximate surface area is 120 Å². The molecule has 0 fully saturated rings. The van der Waals surface area contributed by atoms with Gasteiger partial charge >= 0.3 is 11.7 Å². The molecule has 1 aromatic heterocycles. The molecule has 0 unspecified atom stereocenters. The molecule has 1 atom stereocenters. The van der Waals surface area contributed by atoms with Crippen molar-refractivity contribution in [2.24, 2.45) is 5.92 Å². The van der Waals surface area contributed by atoms with Gasteiger partial charge in [-0.05, 0) is 12.8 Å². The van der Waals surface area contributed by atoms with Gasteiger partial charge in [-0.25, -0.2) is 4.79 Å². The Bertz CT molecular complexity index is 644. The maximum absolute atomic E-state index is 11.9. The number of H-pyrrole nitrogens is 2. The first kappa shape index (κ1) is 16.7. The van der Waals surface area contributed by atoms with Gasteiger partial charge in [-0.1, -0.05) is 13.8 Å². The molecule has 0 spiro atoms. The number of hydrogen-bond acceptors (Lipinski definition) is 4. The number of aryl methyl sites for hydroxylation is 1. The first-order valence-corrected chi connectivity index (χ1v) is 6.54. The van der Waals surface area contributed by atoms with Crippen molar-refractivity contribution in [2.75, 3.05) is 0 Å². The molecule has 0 aromatic carbocycles. The van der Waals surface area contributed by atoms with E-state index < -0.39 is 29.2 Å². The Morgan fingerprint density at radius 2 is 1.86 bits per heavy atom. The van der Waals surface area contributed by atoms with Crippen LogP contribution in [0.25, 0.3) is 0 Å². The molecule has 1 amide bonds. The minimum absolute atomic E-state index is 0.0555. The SMILES string of the molecule is Cc1[nH]c(=O)[nH]c(=O)c1CC(=O)N[C@@H](CC(=O)O)C(C)C. The number of aliphatic carboxylic acids is 1. The Hall–Kier alpha value is -2.38. The van der Waals surface area contributed by atoms with E-state index in [4.69, 9.17) is 5.11 Å². The van der Waals surface area contributed by atoms with Gasteiger partial charge in [-0.15, -0.1) is 0 Å². The Morgan fingerprint density at radius 3 is 2.33 bits per heavy atom. The van der Waals surface area contributed by atoms with Gasteiger partial charge in [0.15, 0.2) is 0 Å². The van der Waals surface area contributed by atoms with Crippen molar-refractivity contribution in [1.29, 1.82) is 0 Å². The molecular formula is C13H19N3O5. The number of carbonyl (C=O) groups is 2. The van der Waals surface area contributed by atoms with E-state index >= 15 is 0 Å². The van der Waals surface area contributed by atoms with Crippen LogP contribution in [0.3, 0.4) is 0 Å². The summed E-state index contributed by atoms with van der Waals surface area (Å²) >= 11 is 0. The van der Waals surface area contributed by atoms with Crippen molar-refractivity contribution in [3.05, 3.63) is 32.1 Å². The fourth-order valence-corrected chi connectivity index (χ4v) is 1.90. The highest BCUT2D eigenvalue weighted by atomic mass is 16.4. The molecular weight excluding hydrogens is 278 g/mol. The van der Waals surface area contributed by atoms with E-state index in [2.05, 4.69) is 15.3 Å². The van der Waals surface area contributed by atoms with Crippen LogP contribution in [-0.2, 0) is 16.0 Å². The third kappa shape index (κ3) is 4.90. The molecule has 1 aromatic rings. The quantitative estimate of drug-likeness (QED) is 0.563. The second kappa shape index (κ2) is 6.87. The maximum Gasteiger partial charge on any atom is 0.325 e. The van der Waals surface area contributed by atoms with Crippen molar-refractivity contribution in [3.8, 4) is 0 Å². The van der Waals surface area contributed by atoms with Crippen LogP contribution in [0, 0.1) is 12.8 Å². The lowest BCUT2D eigenvalue weighted by Gasteiger charge is -2.20. The summed E-state index contributed by atoms with van der Waals surface area (Å²) < 4.78 is 0. The Balaban J connectivity index is 2.84. The van der Waals surface area contributed by atoms with Gasteiger partial charge < -0.3 is 15.4 Å². The molecule has 8 heteroatoms. The summed E-state index contributed by atoms with van der Waals surface area (Å²) in [5, 5.41) is 11.4. The minimum atomic E-state index is -1.01. The molecule has 0 aliphatic rings. The van der Waals surface area contributed by atoms with E-state index in [1.54, 1.807) is 13.8 Å². The van der Waals surface area contributed by atoms with Crippen LogP contribution < -0.4 is 16.6 Å². The number of carboxylic acids is 1. The molecule has 8 nitrogen and oxygen atoms in total. The topological polar surface area (TPSA) is 132 Å². The largest absolute Gasteiger partial charge is 0.481 e. The van der Waals surface area contributed by atoms with Crippen LogP contribution in [0.4, 0.5) is 0 Å². The van der Waals surface area contributed by atoms with Crippen LogP contribution in [0.1, 0.15) is 31.5 Å². The first-order chi connectivity index (χ1) is 9.70. The van der Waals surface area contributed by atoms with Gasteiger partial charge in [0.2, 0.25) is 5.91 Å². The number of amides is 1. The lowest BCUT2D eigenvalue weighted by molar-refractivity contribution is -0.138. The lowest BCUT2D eigenvalue weighted by atomic mass is 10.0. The van der Waals surface area contributed by atoms with Gasteiger partial charge in [0.1, 0.15) is 0 Å². The van der Waals surface area contributed by atoms with Crippen molar-refractivity contribution < 1.29 is 14.7 Å². The second-order valence-corrected chi connectivity index (χ2v) is 5.20. The zero-order chi connectivity index (χ0) is 16.2. The van der Waals surface area contributed by atoms with E-state index in [9.17, 15) is 19.2 Å². The third-order valence-corrected chi connectivity index (χ3v) is 3.14. The standard InChI is InChI=1S/C13H19N3O5/c1-6(2)9(5-11(18)19)15-10(17)4-8-7(3)14-13(21)16-12(8)20/h6,9H,4-5H2,1-3H3,(H,15,17)(H,18,19)(H2,14,16,20,21)/t9-/m0/s1. The average molecular weight is 297 g/mol. The zero-order valence-corrected chi connectivity index (χ0v) is 12.1. The summed E-state index contributed by atoms with van der Waals surface area (Å²) in [6.07, 6.45) is -0.412. The molecule has 0 saturated carbocycles. The zero-order valence-electron chi connectivity index (χ0n) is 12.1. The normalized spacial score (nSPS) is 12.2. The van der Waals surface area contributed by atoms with Gasteiger partial charge in [-0.2, -0.15) is 0 Å². The van der Waals surface area contributed by atoms with Crippen LogP contribution in [0.5, 0.6) is 0 Å². The molecule has 0 saturated heterocycles. The van der Waals surface area contributed by atoms with Crippen molar-refractivity contribution in [2.45, 2.75) is 39.7 Å². The van der Waals surface area contributed by atoms with Crippen LogP contribution in [-0.4, -0.2) is 33.0 Å². The molecule has 21 heavy (non-hydrogen) atoms. The number of carboxylic acid groups (broad SMARTS) is 1. The van der Waals surface area contributed by atoms with Gasteiger partial charge in [0, 0.05) is 17.3 Å². The van der Waals surface area contributed by atoms with E-state index in [0.29, 0.717) is 5.69 Å². The monoisotopic (exact) mass is 297 g/mol. The maximum atomic E-state index is 11.9. The highest BCUT2D eigenvalue weighted by molar-refractivity contribution is 5.79. The number of aromatic amines is 2. The van der Waals surface area contributed by atoms with Gasteiger partial charge in [0.25, 0.3) is 5.56 Å². The van der Waals surface area contributed by atoms with Crippen molar-refractivity contribution in [1.82, 2.24) is 15.3 Å². The van der Waals surface area contributed by atoms with E-state index in [-0.39, 0.29) is 24.3 Å². The second-order valence-electron chi connectivity index (χ2n) is 5.20. The summed E-state index contributed by atoms with van der Waals surface area (Å²) in [6.45, 7) is 5.12. The number of nitrogens with one attached hydrogen (secondary N) is 3. The summed E-state index contributed by atoms with van der Waals surface area (Å²) in [6, 6.07) is -0.517. The first-order valence-electron chi connectivity index (χ1n) is 6.54. The smallest absolute Gasteiger partial charge is 0.325 e. The molecule has 4 N–H and O–H groups in total. The van der Waals surface area contributed by atoms with Gasteiger partial charge in [-0.3, -0.25) is 19.4 Å². The van der Waals surface area contributed by atoms with Gasteiger partial charge in [0.05, 0.1) is 12.8 Å². The molecule has 1 rings (SSSR count). The molecule has 1 heterocycles. The summed E-state index contributed by atoms with van der Waals surface area (Å²) in [5.74, 6) is -1.53. The van der Waals surface area contributed by atoms with Crippen LogP contribution in [0.2, 0.25) is 0 Å². The lowest BCUT2D eigenvalue weighted by Crippen LogP contribution is -2.42. The van der Waals surface area contributed by atoms with Crippen LogP contribution in [0.15, 0.2) is 9.59 Å². The van der Waals surface area contributed by atoms with Crippen molar-refractivity contribution in [3.63, 3.8) is 0 Å². The fourth-order valence-electron chi connectivity index (χ4n) is 1.90. The van der Waals surface area contributed by atoms with E-state index in [1.165, 1.54) is 6.92 Å². The highest BCUT2D eigenvalue weighted by Gasteiger charge is 2.20. The van der Waals surface area contributed by atoms with Crippen LogP contribution >= 0.6 is 0 Å². The number of rotatable bonds is 6. The molecule has 0 aliphatic heterocycles.